The lowest BCUT2D eigenvalue weighted by molar-refractivity contribution is 0.115. The molecule has 136 valence electrons. The van der Waals surface area contributed by atoms with E-state index in [0.29, 0.717) is 0 Å². The lowest BCUT2D eigenvalue weighted by Gasteiger charge is -2.22. The van der Waals surface area contributed by atoms with Gasteiger partial charge in [0, 0.05) is 33.8 Å². The number of likely N-dealkylation sites (N-methyl/N-ethyl adjacent to an activating group) is 1. The van der Waals surface area contributed by atoms with E-state index in [0.717, 1.165) is 50.4 Å². The van der Waals surface area contributed by atoms with Crippen LogP contribution in [0.1, 0.15) is 18.4 Å². The van der Waals surface area contributed by atoms with Crippen molar-refractivity contribution in [2.75, 3.05) is 47.5 Å². The molecule has 1 fully saturated rings. The summed E-state index contributed by atoms with van der Waals surface area (Å²) in [5.41, 5.74) is 1.20. The first-order valence-corrected chi connectivity index (χ1v) is 8.36. The van der Waals surface area contributed by atoms with Crippen molar-refractivity contribution >= 4 is 29.9 Å². The van der Waals surface area contributed by atoms with Crippen molar-refractivity contribution < 1.29 is 9.47 Å². The Kier molecular flexibility index (Phi) is 10.1. The summed E-state index contributed by atoms with van der Waals surface area (Å²) < 4.78 is 11.1. The molecule has 6 heteroatoms. The number of nitrogens with one attached hydrogen (secondary N) is 1. The van der Waals surface area contributed by atoms with E-state index in [2.05, 4.69) is 21.3 Å². The fourth-order valence-corrected chi connectivity index (χ4v) is 2.45. The standard InChI is InChI=1S/C18H29N3O2.HI/c1-19-18(21(2)12-13-23-14-15-8-9-15)20-11-10-16-6-4-5-7-17(16)22-3;/h4-7,15H,8-14H2,1-3H3,(H,19,20);1H. The molecule has 1 aromatic carbocycles. The zero-order chi connectivity index (χ0) is 16.5. The van der Waals surface area contributed by atoms with Crippen molar-refractivity contribution in [3.63, 3.8) is 0 Å². The fourth-order valence-electron chi connectivity index (χ4n) is 2.45. The summed E-state index contributed by atoms with van der Waals surface area (Å²) in [6.07, 6.45) is 3.57. The van der Waals surface area contributed by atoms with Crippen LogP contribution in [0.25, 0.3) is 0 Å². The van der Waals surface area contributed by atoms with Gasteiger partial charge in [-0.3, -0.25) is 4.99 Å². The molecule has 1 N–H and O–H groups in total. The maximum absolute atomic E-state index is 5.69. The third-order valence-electron chi connectivity index (χ3n) is 4.06. The van der Waals surface area contributed by atoms with Gasteiger partial charge in [-0.2, -0.15) is 0 Å². The molecule has 24 heavy (non-hydrogen) atoms. The normalized spacial score (nSPS) is 14.0. The topological polar surface area (TPSA) is 46.1 Å². The summed E-state index contributed by atoms with van der Waals surface area (Å²) >= 11 is 0. The molecule has 0 saturated heterocycles. The van der Waals surface area contributed by atoms with E-state index in [9.17, 15) is 0 Å². The van der Waals surface area contributed by atoms with Crippen molar-refractivity contribution in [2.24, 2.45) is 10.9 Å². The summed E-state index contributed by atoms with van der Waals surface area (Å²) in [6, 6.07) is 8.12. The molecule has 1 aromatic rings. The monoisotopic (exact) mass is 447 g/mol. The number of guanidine groups is 1. The van der Waals surface area contributed by atoms with Crippen LogP contribution in [0, 0.1) is 5.92 Å². The number of rotatable bonds is 9. The van der Waals surface area contributed by atoms with E-state index in [1.165, 1.54) is 18.4 Å². The molecule has 0 spiro atoms. The fraction of sp³-hybridized carbons (Fsp3) is 0.611. The number of methoxy groups -OCH3 is 1. The van der Waals surface area contributed by atoms with Crippen LogP contribution in [-0.4, -0.2) is 58.4 Å². The highest BCUT2D eigenvalue weighted by atomic mass is 127. The quantitative estimate of drug-likeness (QED) is 0.274. The Labute approximate surface area is 162 Å². The van der Waals surface area contributed by atoms with Crippen molar-refractivity contribution in [3.05, 3.63) is 29.8 Å². The number of halogens is 1. The predicted octanol–water partition coefficient (Wildman–Crippen LogP) is 2.79. The highest BCUT2D eigenvalue weighted by molar-refractivity contribution is 14.0. The van der Waals surface area contributed by atoms with Crippen LogP contribution in [-0.2, 0) is 11.2 Å². The van der Waals surface area contributed by atoms with Crippen molar-refractivity contribution in [2.45, 2.75) is 19.3 Å². The molecule has 0 aromatic heterocycles. The summed E-state index contributed by atoms with van der Waals surface area (Å²) in [7, 11) is 5.56. The van der Waals surface area contributed by atoms with Crippen LogP contribution >= 0.6 is 24.0 Å². The Bertz CT molecular complexity index is 507. The van der Waals surface area contributed by atoms with Gasteiger partial charge in [0.05, 0.1) is 13.7 Å². The predicted molar refractivity (Wildman–Crippen MR) is 110 cm³/mol. The molecule has 1 aliphatic carbocycles. The van der Waals surface area contributed by atoms with Crippen LogP contribution in [0.15, 0.2) is 29.3 Å². The largest absolute Gasteiger partial charge is 0.496 e. The molecular weight excluding hydrogens is 417 g/mol. The minimum atomic E-state index is 0. The van der Waals surface area contributed by atoms with E-state index in [-0.39, 0.29) is 24.0 Å². The van der Waals surface area contributed by atoms with Crippen molar-refractivity contribution in [1.82, 2.24) is 10.2 Å². The van der Waals surface area contributed by atoms with Crippen LogP contribution in [0.3, 0.4) is 0 Å². The maximum Gasteiger partial charge on any atom is 0.193 e. The van der Waals surface area contributed by atoms with E-state index < -0.39 is 0 Å². The molecular formula is C18H30IN3O2. The molecule has 0 radical (unpaired) electrons. The van der Waals surface area contributed by atoms with Gasteiger partial charge in [-0.05, 0) is 36.8 Å². The zero-order valence-corrected chi connectivity index (χ0v) is 17.3. The summed E-state index contributed by atoms with van der Waals surface area (Å²) in [4.78, 5) is 6.44. The summed E-state index contributed by atoms with van der Waals surface area (Å²) in [5.74, 6) is 2.65. The zero-order valence-electron chi connectivity index (χ0n) is 15.0. The van der Waals surface area contributed by atoms with E-state index >= 15 is 0 Å². The second-order valence-corrected chi connectivity index (χ2v) is 5.98. The average Bonchev–Trinajstić information content (AvgIpc) is 3.40. The summed E-state index contributed by atoms with van der Waals surface area (Å²) in [6.45, 7) is 3.33. The first kappa shape index (κ1) is 21.0. The molecule has 0 bridgehead atoms. The minimum absolute atomic E-state index is 0. The number of ether oxygens (including phenoxy) is 2. The first-order valence-electron chi connectivity index (χ1n) is 8.36. The third kappa shape index (κ3) is 7.25. The Morgan fingerprint density at radius 3 is 2.75 bits per heavy atom. The van der Waals surface area contributed by atoms with Gasteiger partial charge in [0.25, 0.3) is 0 Å². The number of aliphatic imine (C=N–C) groups is 1. The molecule has 2 rings (SSSR count). The van der Waals surface area contributed by atoms with Gasteiger partial charge in [0.15, 0.2) is 5.96 Å². The second kappa shape index (κ2) is 11.5. The van der Waals surface area contributed by atoms with Gasteiger partial charge < -0.3 is 19.7 Å². The Hall–Kier alpha value is -1.02. The Balaban J connectivity index is 0.00000288. The molecule has 0 aliphatic heterocycles. The van der Waals surface area contributed by atoms with E-state index in [1.54, 1.807) is 7.11 Å². The Morgan fingerprint density at radius 2 is 2.08 bits per heavy atom. The summed E-state index contributed by atoms with van der Waals surface area (Å²) in [5, 5.41) is 3.40. The second-order valence-electron chi connectivity index (χ2n) is 5.98. The number of para-hydroxylation sites is 1. The van der Waals surface area contributed by atoms with Crippen molar-refractivity contribution in [3.8, 4) is 5.75 Å². The molecule has 0 atom stereocenters. The Morgan fingerprint density at radius 1 is 1.33 bits per heavy atom. The lowest BCUT2D eigenvalue weighted by Crippen LogP contribution is -2.41. The smallest absolute Gasteiger partial charge is 0.193 e. The van der Waals surface area contributed by atoms with Crippen LogP contribution < -0.4 is 10.1 Å². The van der Waals surface area contributed by atoms with Gasteiger partial charge in [-0.1, -0.05) is 18.2 Å². The van der Waals surface area contributed by atoms with Crippen LogP contribution in [0.4, 0.5) is 0 Å². The van der Waals surface area contributed by atoms with Gasteiger partial charge in [-0.15, -0.1) is 24.0 Å². The molecule has 1 aliphatic rings. The lowest BCUT2D eigenvalue weighted by atomic mass is 10.1. The van der Waals surface area contributed by atoms with E-state index in [4.69, 9.17) is 9.47 Å². The van der Waals surface area contributed by atoms with E-state index in [1.807, 2.05) is 32.3 Å². The minimum Gasteiger partial charge on any atom is -0.496 e. The highest BCUT2D eigenvalue weighted by Crippen LogP contribution is 2.28. The number of benzene rings is 1. The number of hydrogen-bond donors (Lipinski definition) is 1. The molecule has 0 amide bonds. The van der Waals surface area contributed by atoms with Gasteiger partial charge in [-0.25, -0.2) is 0 Å². The maximum atomic E-state index is 5.69. The molecule has 1 saturated carbocycles. The number of hydrogen-bond acceptors (Lipinski definition) is 3. The molecule has 0 unspecified atom stereocenters. The number of nitrogens with zero attached hydrogens (tertiary/aromatic N) is 2. The van der Waals surface area contributed by atoms with Gasteiger partial charge >= 0.3 is 0 Å². The SMILES string of the molecule is CN=C(NCCc1ccccc1OC)N(C)CCOCC1CC1.I. The van der Waals surface area contributed by atoms with Crippen LogP contribution in [0.5, 0.6) is 5.75 Å². The third-order valence-corrected chi connectivity index (χ3v) is 4.06. The highest BCUT2D eigenvalue weighted by Gasteiger charge is 2.21. The van der Waals surface area contributed by atoms with Crippen LogP contribution in [0.2, 0.25) is 0 Å². The van der Waals surface area contributed by atoms with Gasteiger partial charge in [0.2, 0.25) is 0 Å². The van der Waals surface area contributed by atoms with Crippen molar-refractivity contribution in [1.29, 1.82) is 0 Å². The molecule has 5 nitrogen and oxygen atoms in total. The average molecular weight is 447 g/mol. The molecule has 0 heterocycles. The van der Waals surface area contributed by atoms with Gasteiger partial charge in [0.1, 0.15) is 5.75 Å². The first-order chi connectivity index (χ1) is 11.2.